The highest BCUT2D eigenvalue weighted by atomic mass is 35.5. The predicted octanol–water partition coefficient (Wildman–Crippen LogP) is 5.59. The molecule has 1 N–H and O–H groups in total. The lowest BCUT2D eigenvalue weighted by Crippen LogP contribution is -2.29. The molecule has 176 valence electrons. The highest BCUT2D eigenvalue weighted by Gasteiger charge is 2.48. The minimum absolute atomic E-state index is 0.0284. The molecule has 0 saturated carbocycles. The maximum atomic E-state index is 13.3. The summed E-state index contributed by atoms with van der Waals surface area (Å²) in [6, 6.07) is 17.9. The number of rotatable bonds is 5. The number of benzene rings is 3. The number of carbonyl (C=O) groups excluding carboxylic acids is 2. The Morgan fingerprint density at radius 2 is 1.63 bits per heavy atom. The SMILES string of the molecule is COc1ccc(C2C(=C(O)c3ccc(Cl)cc3)C(=O)C(=O)N2c2nc3ccc(OC)cc3s2)cc1. The fourth-order valence-electron chi connectivity index (χ4n) is 4.02. The Kier molecular flexibility index (Phi) is 5.92. The van der Waals surface area contributed by atoms with Gasteiger partial charge in [-0.25, -0.2) is 4.98 Å². The van der Waals surface area contributed by atoms with Crippen LogP contribution in [0.2, 0.25) is 5.02 Å². The number of aromatic nitrogens is 1. The van der Waals surface area contributed by atoms with Crippen molar-refractivity contribution in [3.8, 4) is 11.5 Å². The first-order valence-electron chi connectivity index (χ1n) is 10.6. The maximum Gasteiger partial charge on any atom is 0.301 e. The minimum atomic E-state index is -0.890. The van der Waals surface area contributed by atoms with Gasteiger partial charge in [0.2, 0.25) is 0 Å². The summed E-state index contributed by atoms with van der Waals surface area (Å²) in [5, 5.41) is 12.0. The van der Waals surface area contributed by atoms with Crippen molar-refractivity contribution in [3.05, 3.63) is 88.5 Å². The zero-order valence-electron chi connectivity index (χ0n) is 18.7. The van der Waals surface area contributed by atoms with Crippen LogP contribution in [0, 0.1) is 0 Å². The first-order valence-corrected chi connectivity index (χ1v) is 11.8. The molecule has 3 aromatic carbocycles. The fraction of sp³-hybridized carbons (Fsp3) is 0.115. The molecule has 4 aromatic rings. The van der Waals surface area contributed by atoms with Crippen LogP contribution in [0.25, 0.3) is 16.0 Å². The van der Waals surface area contributed by atoms with E-state index >= 15 is 0 Å². The Hall–Kier alpha value is -3.88. The van der Waals surface area contributed by atoms with Crippen LogP contribution in [0.1, 0.15) is 17.2 Å². The molecule has 2 heterocycles. The summed E-state index contributed by atoms with van der Waals surface area (Å²) in [5.74, 6) is -0.576. The lowest BCUT2D eigenvalue weighted by atomic mass is 9.95. The smallest absolute Gasteiger partial charge is 0.301 e. The lowest BCUT2D eigenvalue weighted by Gasteiger charge is -2.23. The minimum Gasteiger partial charge on any atom is -0.507 e. The summed E-state index contributed by atoms with van der Waals surface area (Å²) in [6.07, 6.45) is 0. The van der Waals surface area contributed by atoms with Crippen molar-refractivity contribution in [2.24, 2.45) is 0 Å². The van der Waals surface area contributed by atoms with E-state index in [1.165, 1.54) is 16.2 Å². The first-order chi connectivity index (χ1) is 16.9. The van der Waals surface area contributed by atoms with E-state index in [9.17, 15) is 14.7 Å². The number of amides is 1. The van der Waals surface area contributed by atoms with Gasteiger partial charge in [0.25, 0.3) is 5.78 Å². The van der Waals surface area contributed by atoms with E-state index in [2.05, 4.69) is 4.98 Å². The molecule has 1 amide bonds. The zero-order valence-corrected chi connectivity index (χ0v) is 20.3. The summed E-state index contributed by atoms with van der Waals surface area (Å²) in [5.41, 5.74) is 1.63. The summed E-state index contributed by atoms with van der Waals surface area (Å²) in [4.78, 5) is 32.6. The van der Waals surface area contributed by atoms with Gasteiger partial charge >= 0.3 is 5.91 Å². The summed E-state index contributed by atoms with van der Waals surface area (Å²) in [7, 11) is 3.12. The monoisotopic (exact) mass is 506 g/mol. The molecule has 0 radical (unpaired) electrons. The van der Waals surface area contributed by atoms with Crippen molar-refractivity contribution in [2.45, 2.75) is 6.04 Å². The van der Waals surface area contributed by atoms with Gasteiger partial charge in [0, 0.05) is 10.6 Å². The number of aliphatic hydroxyl groups is 1. The molecule has 1 atom stereocenters. The topological polar surface area (TPSA) is 89.0 Å². The molecule has 1 aliphatic heterocycles. The standard InChI is InChI=1S/C26H19ClN2O5S/c1-33-17-9-5-14(6-10-17)22-21(23(30)15-3-7-16(27)8-4-15)24(31)25(32)29(22)26-28-19-12-11-18(34-2)13-20(19)35-26/h3-13,22,30H,1-2H3. The number of nitrogens with zero attached hydrogens (tertiary/aromatic N) is 2. The quantitative estimate of drug-likeness (QED) is 0.215. The average Bonchev–Trinajstić information content (AvgIpc) is 3.41. The molecular weight excluding hydrogens is 488 g/mol. The fourth-order valence-corrected chi connectivity index (χ4v) is 5.16. The predicted molar refractivity (Wildman–Crippen MR) is 135 cm³/mol. The second-order valence-electron chi connectivity index (χ2n) is 7.78. The van der Waals surface area contributed by atoms with Gasteiger partial charge in [-0.1, -0.05) is 35.1 Å². The molecular formula is C26H19ClN2O5S. The molecule has 1 aromatic heterocycles. The Bertz CT molecular complexity index is 1480. The van der Waals surface area contributed by atoms with E-state index in [1.54, 1.807) is 74.9 Å². The Balaban J connectivity index is 1.70. The van der Waals surface area contributed by atoms with Crippen molar-refractivity contribution in [1.82, 2.24) is 4.98 Å². The second kappa shape index (κ2) is 9.05. The van der Waals surface area contributed by atoms with Gasteiger partial charge in [-0.3, -0.25) is 14.5 Å². The van der Waals surface area contributed by atoms with Crippen LogP contribution in [0.15, 0.2) is 72.3 Å². The molecule has 35 heavy (non-hydrogen) atoms. The van der Waals surface area contributed by atoms with E-state index < -0.39 is 17.7 Å². The van der Waals surface area contributed by atoms with Gasteiger partial charge in [-0.05, 0) is 60.2 Å². The van der Waals surface area contributed by atoms with Gasteiger partial charge in [0.1, 0.15) is 17.3 Å². The molecule has 0 spiro atoms. The highest BCUT2D eigenvalue weighted by Crippen LogP contribution is 2.44. The van der Waals surface area contributed by atoms with Crippen molar-refractivity contribution in [2.75, 3.05) is 19.1 Å². The molecule has 1 aliphatic rings. The molecule has 1 saturated heterocycles. The maximum absolute atomic E-state index is 13.3. The lowest BCUT2D eigenvalue weighted by molar-refractivity contribution is -0.132. The van der Waals surface area contributed by atoms with Crippen LogP contribution < -0.4 is 14.4 Å². The first kappa shape index (κ1) is 22.9. The summed E-state index contributed by atoms with van der Waals surface area (Å²) < 4.78 is 11.4. The number of carbonyl (C=O) groups is 2. The van der Waals surface area contributed by atoms with Crippen molar-refractivity contribution in [3.63, 3.8) is 0 Å². The van der Waals surface area contributed by atoms with Crippen LogP contribution in [-0.4, -0.2) is 36.0 Å². The third kappa shape index (κ3) is 4.00. The van der Waals surface area contributed by atoms with Gasteiger partial charge in [0.15, 0.2) is 5.13 Å². The molecule has 5 rings (SSSR count). The number of halogens is 1. The Labute approximate surface area is 209 Å². The number of anilines is 1. The Morgan fingerprint density at radius 3 is 2.29 bits per heavy atom. The summed E-state index contributed by atoms with van der Waals surface area (Å²) in [6.45, 7) is 0. The molecule has 7 nitrogen and oxygen atoms in total. The number of hydrogen-bond acceptors (Lipinski definition) is 7. The largest absolute Gasteiger partial charge is 0.507 e. The summed E-state index contributed by atoms with van der Waals surface area (Å²) >= 11 is 7.25. The van der Waals surface area contributed by atoms with Crippen LogP contribution in [0.3, 0.4) is 0 Å². The van der Waals surface area contributed by atoms with Crippen LogP contribution in [-0.2, 0) is 9.59 Å². The number of fused-ring (bicyclic) bond motifs is 1. The van der Waals surface area contributed by atoms with Crippen LogP contribution >= 0.6 is 22.9 Å². The molecule has 9 heteroatoms. The second-order valence-corrected chi connectivity index (χ2v) is 9.22. The normalized spacial score (nSPS) is 17.2. The van der Waals surface area contributed by atoms with Crippen LogP contribution in [0.5, 0.6) is 11.5 Å². The number of thiazole rings is 1. The average molecular weight is 507 g/mol. The van der Waals surface area contributed by atoms with E-state index in [0.717, 1.165) is 4.70 Å². The molecule has 1 unspecified atom stereocenters. The van der Waals surface area contributed by atoms with Crippen molar-refractivity contribution in [1.29, 1.82) is 0 Å². The van der Waals surface area contributed by atoms with E-state index in [4.69, 9.17) is 21.1 Å². The zero-order chi connectivity index (χ0) is 24.7. The number of aliphatic hydroxyl groups excluding tert-OH is 1. The third-order valence-electron chi connectivity index (χ3n) is 5.78. The van der Waals surface area contributed by atoms with E-state index in [0.29, 0.717) is 38.3 Å². The molecule has 0 aliphatic carbocycles. The number of hydrogen-bond donors (Lipinski definition) is 1. The number of methoxy groups -OCH3 is 2. The van der Waals surface area contributed by atoms with Crippen molar-refractivity contribution < 1.29 is 24.2 Å². The Morgan fingerprint density at radius 1 is 0.971 bits per heavy atom. The number of ether oxygens (including phenoxy) is 2. The highest BCUT2D eigenvalue weighted by molar-refractivity contribution is 7.22. The van der Waals surface area contributed by atoms with E-state index in [1.807, 2.05) is 6.07 Å². The molecule has 0 bridgehead atoms. The van der Waals surface area contributed by atoms with Crippen molar-refractivity contribution >= 4 is 55.7 Å². The number of Topliss-reactive ketones (excluding diaryl/α,β-unsaturated/α-hetero) is 1. The van der Waals surface area contributed by atoms with Gasteiger partial charge in [-0.15, -0.1) is 0 Å². The molecule has 1 fully saturated rings. The number of ketones is 1. The van der Waals surface area contributed by atoms with Gasteiger partial charge < -0.3 is 14.6 Å². The van der Waals surface area contributed by atoms with Gasteiger partial charge in [0.05, 0.1) is 36.1 Å². The third-order valence-corrected chi connectivity index (χ3v) is 7.05. The van der Waals surface area contributed by atoms with Gasteiger partial charge in [-0.2, -0.15) is 0 Å². The van der Waals surface area contributed by atoms with Crippen LogP contribution in [0.4, 0.5) is 5.13 Å². The van der Waals surface area contributed by atoms with E-state index in [-0.39, 0.29) is 11.3 Å².